The molecule has 0 aromatic rings. The van der Waals surface area contributed by atoms with E-state index >= 15 is 0 Å². The number of ether oxygens (including phenoxy) is 3. The van der Waals surface area contributed by atoms with E-state index in [4.69, 9.17) is 14.2 Å². The second-order valence-electron chi connectivity index (χ2n) is 8.62. The lowest BCUT2D eigenvalue weighted by Gasteiger charge is -2.40. The van der Waals surface area contributed by atoms with Crippen molar-refractivity contribution >= 4 is 5.97 Å². The minimum atomic E-state index is -1.55. The molecule has 4 aliphatic rings. The Labute approximate surface area is 173 Å². The summed E-state index contributed by atoms with van der Waals surface area (Å²) in [4.78, 5) is 12.1. The maximum absolute atomic E-state index is 12.1. The molecule has 9 nitrogen and oxygen atoms in total. The Morgan fingerprint density at radius 2 is 1.73 bits per heavy atom. The largest absolute Gasteiger partial charge is 0.458 e. The fraction of sp³-hybridized carbons (Fsp3) is 0.667. The normalized spacial score (nSPS) is 48.9. The van der Waals surface area contributed by atoms with Gasteiger partial charge in [-0.2, -0.15) is 0 Å². The molecule has 9 heteroatoms. The Hall–Kier alpha value is -1.59. The number of rotatable bonds is 3. The zero-order valence-corrected chi connectivity index (χ0v) is 16.5. The van der Waals surface area contributed by atoms with E-state index in [1.165, 1.54) is 0 Å². The maximum atomic E-state index is 12.1. The number of esters is 1. The highest BCUT2D eigenvalue weighted by Gasteiger charge is 2.56. The summed E-state index contributed by atoms with van der Waals surface area (Å²) in [5.41, 5.74) is 1.61. The first-order valence-electron chi connectivity index (χ1n) is 10.1. The predicted molar refractivity (Wildman–Crippen MR) is 102 cm³/mol. The Bertz CT molecular complexity index is 762. The summed E-state index contributed by atoms with van der Waals surface area (Å²) in [6.07, 6.45) is -8.30. The summed E-state index contributed by atoms with van der Waals surface area (Å²) >= 11 is 0. The Morgan fingerprint density at radius 1 is 1.03 bits per heavy atom. The molecule has 2 aliphatic heterocycles. The maximum Gasteiger partial charge on any atom is 0.334 e. The van der Waals surface area contributed by atoms with Crippen molar-refractivity contribution in [2.45, 2.75) is 61.9 Å². The molecule has 2 heterocycles. The molecule has 2 saturated carbocycles. The molecule has 11 atom stereocenters. The van der Waals surface area contributed by atoms with Gasteiger partial charge in [0, 0.05) is 11.5 Å². The van der Waals surface area contributed by atoms with Gasteiger partial charge in [-0.15, -0.1) is 0 Å². The molecule has 0 aromatic heterocycles. The standard InChI is InChI=1S/C21H28O9/c1-7-4-11(23)15-9(3)20(27)30-19(15)14-8(2)12(5-10(7)14)28-21-18(26)17(25)16(24)13(6-22)29-21/h10-19,21-26H,1-6H2/t10-,11?,12?,13?,14-,15?,16?,17?,18?,19?,21?/m0/s1. The van der Waals surface area contributed by atoms with Gasteiger partial charge >= 0.3 is 5.97 Å². The van der Waals surface area contributed by atoms with Crippen LogP contribution in [0.5, 0.6) is 0 Å². The van der Waals surface area contributed by atoms with Gasteiger partial charge < -0.3 is 39.7 Å². The molecule has 4 rings (SSSR count). The number of fused-ring (bicyclic) bond motifs is 3. The van der Waals surface area contributed by atoms with Gasteiger partial charge in [0.15, 0.2) is 6.29 Å². The summed E-state index contributed by atoms with van der Waals surface area (Å²) in [6, 6.07) is 0. The molecule has 0 radical (unpaired) electrons. The number of aliphatic hydroxyl groups excluding tert-OH is 5. The van der Waals surface area contributed by atoms with E-state index in [2.05, 4.69) is 19.7 Å². The van der Waals surface area contributed by atoms with Crippen LogP contribution in [0.3, 0.4) is 0 Å². The van der Waals surface area contributed by atoms with E-state index in [9.17, 15) is 30.3 Å². The summed E-state index contributed by atoms with van der Waals surface area (Å²) in [6.45, 7) is 11.5. The third-order valence-electron chi connectivity index (χ3n) is 6.92. The second-order valence-corrected chi connectivity index (χ2v) is 8.62. The summed E-state index contributed by atoms with van der Waals surface area (Å²) in [5.74, 6) is -1.62. The van der Waals surface area contributed by atoms with Gasteiger partial charge in [0.25, 0.3) is 0 Å². The topological polar surface area (TPSA) is 146 Å². The number of hydrogen-bond donors (Lipinski definition) is 5. The van der Waals surface area contributed by atoms with E-state index in [0.717, 1.165) is 5.57 Å². The first kappa shape index (κ1) is 21.6. The highest BCUT2D eigenvalue weighted by atomic mass is 16.7. The molecule has 0 bridgehead atoms. The van der Waals surface area contributed by atoms with Crippen LogP contribution in [0.15, 0.2) is 36.5 Å². The SMILES string of the molecule is C=C1C(=O)OC2C1C(O)CC(=C)[C@@H]1CC(OC3OC(CO)C(O)C(O)C3O)C(=C)[C@H]21. The van der Waals surface area contributed by atoms with Crippen molar-refractivity contribution in [3.63, 3.8) is 0 Å². The number of carbonyl (C=O) groups is 1. The minimum Gasteiger partial charge on any atom is -0.458 e. The smallest absolute Gasteiger partial charge is 0.334 e. The van der Waals surface area contributed by atoms with Crippen LogP contribution < -0.4 is 0 Å². The van der Waals surface area contributed by atoms with Crippen molar-refractivity contribution in [1.29, 1.82) is 0 Å². The number of carbonyl (C=O) groups excluding carboxylic acids is 1. The molecule has 166 valence electrons. The lowest BCUT2D eigenvalue weighted by Crippen LogP contribution is -2.59. The molecule has 0 aromatic carbocycles. The zero-order valence-electron chi connectivity index (χ0n) is 16.5. The van der Waals surface area contributed by atoms with Crippen molar-refractivity contribution in [3.05, 3.63) is 36.5 Å². The monoisotopic (exact) mass is 424 g/mol. The van der Waals surface area contributed by atoms with Crippen LogP contribution in [0.1, 0.15) is 12.8 Å². The van der Waals surface area contributed by atoms with Crippen molar-refractivity contribution in [2.24, 2.45) is 17.8 Å². The number of hydrogen-bond acceptors (Lipinski definition) is 9. The fourth-order valence-corrected chi connectivity index (χ4v) is 5.25. The molecule has 4 fully saturated rings. The zero-order chi connectivity index (χ0) is 21.9. The van der Waals surface area contributed by atoms with Crippen LogP contribution in [0.25, 0.3) is 0 Å². The minimum absolute atomic E-state index is 0.171. The van der Waals surface area contributed by atoms with E-state index < -0.39 is 67.5 Å². The van der Waals surface area contributed by atoms with E-state index in [1.807, 2.05) is 0 Å². The van der Waals surface area contributed by atoms with Gasteiger partial charge in [0.05, 0.1) is 24.7 Å². The third kappa shape index (κ3) is 3.25. The van der Waals surface area contributed by atoms with Crippen molar-refractivity contribution in [1.82, 2.24) is 0 Å². The van der Waals surface area contributed by atoms with E-state index in [0.29, 0.717) is 12.0 Å². The molecule has 30 heavy (non-hydrogen) atoms. The van der Waals surface area contributed by atoms with Crippen LogP contribution >= 0.6 is 0 Å². The van der Waals surface area contributed by atoms with Gasteiger partial charge in [-0.1, -0.05) is 25.3 Å². The molecule has 2 saturated heterocycles. The molecule has 9 unspecified atom stereocenters. The lowest BCUT2D eigenvalue weighted by molar-refractivity contribution is -0.308. The lowest BCUT2D eigenvalue weighted by atomic mass is 9.81. The van der Waals surface area contributed by atoms with Gasteiger partial charge in [-0.05, 0) is 24.3 Å². The third-order valence-corrected chi connectivity index (χ3v) is 6.92. The highest BCUT2D eigenvalue weighted by Crippen LogP contribution is 2.53. The molecule has 0 spiro atoms. The summed E-state index contributed by atoms with van der Waals surface area (Å²) in [5, 5.41) is 50.2. The Morgan fingerprint density at radius 3 is 2.40 bits per heavy atom. The van der Waals surface area contributed by atoms with Gasteiger partial charge in [-0.3, -0.25) is 0 Å². The van der Waals surface area contributed by atoms with Gasteiger partial charge in [0.1, 0.15) is 30.5 Å². The van der Waals surface area contributed by atoms with Crippen LogP contribution in [0.2, 0.25) is 0 Å². The first-order chi connectivity index (χ1) is 14.1. The van der Waals surface area contributed by atoms with E-state index in [-0.39, 0.29) is 23.8 Å². The molecular weight excluding hydrogens is 396 g/mol. The average molecular weight is 424 g/mol. The molecular formula is C21H28O9. The van der Waals surface area contributed by atoms with Crippen molar-refractivity contribution < 1.29 is 44.5 Å². The summed E-state index contributed by atoms with van der Waals surface area (Å²) in [7, 11) is 0. The number of aliphatic hydroxyl groups is 5. The average Bonchev–Trinajstić information content (AvgIpc) is 3.15. The fourth-order valence-electron chi connectivity index (χ4n) is 5.25. The molecule has 5 N–H and O–H groups in total. The van der Waals surface area contributed by atoms with Crippen LogP contribution in [0, 0.1) is 17.8 Å². The van der Waals surface area contributed by atoms with Crippen LogP contribution in [-0.2, 0) is 19.0 Å². The van der Waals surface area contributed by atoms with Crippen LogP contribution in [0.4, 0.5) is 0 Å². The Balaban J connectivity index is 1.56. The highest BCUT2D eigenvalue weighted by molar-refractivity contribution is 5.91. The summed E-state index contributed by atoms with van der Waals surface area (Å²) < 4.78 is 16.9. The van der Waals surface area contributed by atoms with Gasteiger partial charge in [-0.25, -0.2) is 4.79 Å². The second kappa shape index (κ2) is 7.83. The van der Waals surface area contributed by atoms with Crippen molar-refractivity contribution in [2.75, 3.05) is 6.61 Å². The van der Waals surface area contributed by atoms with Crippen molar-refractivity contribution in [3.8, 4) is 0 Å². The van der Waals surface area contributed by atoms with E-state index in [1.54, 1.807) is 0 Å². The molecule has 2 aliphatic carbocycles. The van der Waals surface area contributed by atoms with Gasteiger partial charge in [0.2, 0.25) is 0 Å². The van der Waals surface area contributed by atoms with Crippen LogP contribution in [-0.4, -0.2) is 87.1 Å². The molecule has 0 amide bonds. The quantitative estimate of drug-likeness (QED) is 0.214. The predicted octanol–water partition coefficient (Wildman–Crippen LogP) is -1.22. The Kier molecular flexibility index (Phi) is 5.65. The first-order valence-corrected chi connectivity index (χ1v) is 10.1.